The maximum Gasteiger partial charge on any atom is 0.290 e. The average molecular weight is 446 g/mol. The number of hydrogen-bond acceptors (Lipinski definition) is 4. The lowest BCUT2D eigenvalue weighted by atomic mass is 10.0. The first-order valence-corrected chi connectivity index (χ1v) is 12.0. The van der Waals surface area contributed by atoms with Crippen molar-refractivity contribution in [2.24, 2.45) is 0 Å². The summed E-state index contributed by atoms with van der Waals surface area (Å²) in [4.78, 5) is 34.7. The molecule has 7 heteroatoms. The number of carbonyl (C=O) groups is 2. The standard InChI is InChI=1S/C26H31N5O2/c1-19-7-5-6-13-29(19)14-12-27-25(32)21-10-11-23-22(17-21)28-24-26(33)30(15-16-31(23)24)18-20-8-3-2-4-9-20/h2-4,8-11,17,19H,5-7,12-16,18H2,1H3,(H,27,32). The van der Waals surface area contributed by atoms with E-state index in [1.54, 1.807) is 6.07 Å². The van der Waals surface area contributed by atoms with E-state index in [1.165, 1.54) is 19.3 Å². The van der Waals surface area contributed by atoms with Crippen LogP contribution in [0.2, 0.25) is 0 Å². The predicted molar refractivity (Wildman–Crippen MR) is 128 cm³/mol. The second-order valence-electron chi connectivity index (χ2n) is 9.14. The van der Waals surface area contributed by atoms with E-state index in [2.05, 4.69) is 22.1 Å². The molecule has 1 aromatic heterocycles. The number of aromatic nitrogens is 2. The quantitative estimate of drug-likeness (QED) is 0.632. The van der Waals surface area contributed by atoms with E-state index in [0.29, 0.717) is 49.1 Å². The molecule has 3 aromatic rings. The van der Waals surface area contributed by atoms with E-state index in [4.69, 9.17) is 0 Å². The van der Waals surface area contributed by atoms with Gasteiger partial charge in [-0.25, -0.2) is 4.98 Å². The smallest absolute Gasteiger partial charge is 0.290 e. The normalized spacial score (nSPS) is 19.0. The van der Waals surface area contributed by atoms with Gasteiger partial charge in [0.1, 0.15) is 0 Å². The highest BCUT2D eigenvalue weighted by Crippen LogP contribution is 2.23. The number of likely N-dealkylation sites (tertiary alicyclic amines) is 1. The second kappa shape index (κ2) is 9.35. The van der Waals surface area contributed by atoms with Crippen molar-refractivity contribution < 1.29 is 9.59 Å². The first kappa shape index (κ1) is 21.6. The molecule has 0 spiro atoms. The molecule has 1 saturated heterocycles. The highest BCUT2D eigenvalue weighted by atomic mass is 16.2. The van der Waals surface area contributed by atoms with Crippen molar-refractivity contribution in [2.75, 3.05) is 26.2 Å². The van der Waals surface area contributed by atoms with Crippen LogP contribution >= 0.6 is 0 Å². The number of amides is 2. The van der Waals surface area contributed by atoms with Crippen molar-refractivity contribution in [1.82, 2.24) is 24.7 Å². The minimum atomic E-state index is -0.0930. The van der Waals surface area contributed by atoms with Gasteiger partial charge in [0.15, 0.2) is 5.82 Å². The summed E-state index contributed by atoms with van der Waals surface area (Å²) >= 11 is 0. The molecule has 172 valence electrons. The van der Waals surface area contributed by atoms with Crippen LogP contribution in [0.25, 0.3) is 11.0 Å². The maximum atomic E-state index is 13.1. The van der Waals surface area contributed by atoms with Gasteiger partial charge in [0, 0.05) is 44.3 Å². The topological polar surface area (TPSA) is 70.5 Å². The molecule has 2 amide bonds. The van der Waals surface area contributed by atoms with Crippen molar-refractivity contribution in [3.8, 4) is 0 Å². The van der Waals surface area contributed by atoms with Gasteiger partial charge in [0.05, 0.1) is 11.0 Å². The van der Waals surface area contributed by atoms with E-state index in [1.807, 2.05) is 51.9 Å². The van der Waals surface area contributed by atoms with Crippen LogP contribution in [0.1, 0.15) is 52.7 Å². The molecule has 1 N–H and O–H groups in total. The van der Waals surface area contributed by atoms with Crippen molar-refractivity contribution in [1.29, 1.82) is 0 Å². The van der Waals surface area contributed by atoms with Crippen molar-refractivity contribution in [3.63, 3.8) is 0 Å². The van der Waals surface area contributed by atoms with E-state index >= 15 is 0 Å². The van der Waals surface area contributed by atoms with Crippen LogP contribution in [-0.2, 0) is 13.1 Å². The number of hydrogen-bond donors (Lipinski definition) is 1. The molecule has 33 heavy (non-hydrogen) atoms. The third-order valence-corrected chi connectivity index (χ3v) is 6.92. The lowest BCUT2D eigenvalue weighted by Crippen LogP contribution is -2.42. The van der Waals surface area contributed by atoms with Crippen LogP contribution in [0, 0.1) is 0 Å². The van der Waals surface area contributed by atoms with Crippen LogP contribution in [0.15, 0.2) is 48.5 Å². The Labute approximate surface area is 194 Å². The molecule has 1 unspecified atom stereocenters. The molecule has 7 nitrogen and oxygen atoms in total. The van der Waals surface area contributed by atoms with Crippen molar-refractivity contribution in [2.45, 2.75) is 45.3 Å². The fourth-order valence-corrected chi connectivity index (χ4v) is 4.98. The molecule has 0 bridgehead atoms. The third-order valence-electron chi connectivity index (χ3n) is 6.92. The molecule has 0 aliphatic carbocycles. The molecule has 3 heterocycles. The van der Waals surface area contributed by atoms with Crippen LogP contribution < -0.4 is 5.32 Å². The van der Waals surface area contributed by atoms with E-state index in [0.717, 1.165) is 24.2 Å². The second-order valence-corrected chi connectivity index (χ2v) is 9.14. The summed E-state index contributed by atoms with van der Waals surface area (Å²) in [6.07, 6.45) is 3.77. The number of rotatable bonds is 6. The van der Waals surface area contributed by atoms with Crippen molar-refractivity contribution >= 4 is 22.8 Å². The van der Waals surface area contributed by atoms with Gasteiger partial charge >= 0.3 is 0 Å². The number of fused-ring (bicyclic) bond motifs is 3. The van der Waals surface area contributed by atoms with E-state index in [-0.39, 0.29) is 11.8 Å². The molecule has 2 aliphatic rings. The Balaban J connectivity index is 1.26. The minimum absolute atomic E-state index is 0.0667. The van der Waals surface area contributed by atoms with Crippen molar-refractivity contribution in [3.05, 3.63) is 65.5 Å². The molecule has 1 atom stereocenters. The third kappa shape index (κ3) is 4.50. The van der Waals surface area contributed by atoms with Gasteiger partial charge in [-0.2, -0.15) is 0 Å². The Morgan fingerprint density at radius 2 is 1.94 bits per heavy atom. The lowest BCUT2D eigenvalue weighted by Gasteiger charge is -2.33. The fourth-order valence-electron chi connectivity index (χ4n) is 4.98. The van der Waals surface area contributed by atoms with Crippen LogP contribution in [0.4, 0.5) is 0 Å². The summed E-state index contributed by atoms with van der Waals surface area (Å²) in [5.41, 5.74) is 3.28. The number of benzene rings is 2. The summed E-state index contributed by atoms with van der Waals surface area (Å²) in [6.45, 7) is 6.79. The highest BCUT2D eigenvalue weighted by molar-refractivity contribution is 6.00. The summed E-state index contributed by atoms with van der Waals surface area (Å²) in [7, 11) is 0. The first-order chi connectivity index (χ1) is 16.1. The number of nitrogens with one attached hydrogen (secondary N) is 1. The van der Waals surface area contributed by atoms with Gasteiger partial charge in [-0.05, 0) is 50.1 Å². The lowest BCUT2D eigenvalue weighted by molar-refractivity contribution is 0.0685. The summed E-state index contributed by atoms with van der Waals surface area (Å²) in [6, 6.07) is 16.1. The van der Waals surface area contributed by atoms with Gasteiger partial charge in [-0.15, -0.1) is 0 Å². The van der Waals surface area contributed by atoms with E-state index < -0.39 is 0 Å². The molecule has 5 rings (SSSR count). The predicted octanol–water partition coefficient (Wildman–Crippen LogP) is 3.30. The highest BCUT2D eigenvalue weighted by Gasteiger charge is 2.28. The average Bonchev–Trinajstić information content (AvgIpc) is 3.21. The fraction of sp³-hybridized carbons (Fsp3) is 0.423. The number of nitrogens with zero attached hydrogens (tertiary/aromatic N) is 4. The van der Waals surface area contributed by atoms with Gasteiger partial charge < -0.3 is 14.8 Å². The molecule has 0 radical (unpaired) electrons. The maximum absolute atomic E-state index is 13.1. The monoisotopic (exact) mass is 445 g/mol. The van der Waals surface area contributed by atoms with Gasteiger partial charge in [0.25, 0.3) is 11.8 Å². The Bertz CT molecular complexity index is 1160. The summed E-state index contributed by atoms with van der Waals surface area (Å²) < 4.78 is 1.97. The molecule has 2 aliphatic heterocycles. The largest absolute Gasteiger partial charge is 0.351 e. The van der Waals surface area contributed by atoms with Crippen LogP contribution in [0.3, 0.4) is 0 Å². The Morgan fingerprint density at radius 3 is 2.76 bits per heavy atom. The number of imidazole rings is 1. The summed E-state index contributed by atoms with van der Waals surface area (Å²) in [5.74, 6) is 0.288. The molecular formula is C26H31N5O2. The van der Waals surface area contributed by atoms with Gasteiger partial charge in [-0.3, -0.25) is 14.5 Å². The Hall–Kier alpha value is -3.19. The van der Waals surface area contributed by atoms with E-state index in [9.17, 15) is 9.59 Å². The van der Waals surface area contributed by atoms with Crippen LogP contribution in [-0.4, -0.2) is 63.4 Å². The number of piperidine rings is 1. The molecule has 2 aromatic carbocycles. The zero-order chi connectivity index (χ0) is 22.8. The van der Waals surface area contributed by atoms with Crippen LogP contribution in [0.5, 0.6) is 0 Å². The zero-order valence-corrected chi connectivity index (χ0v) is 19.2. The Morgan fingerprint density at radius 1 is 1.09 bits per heavy atom. The summed E-state index contributed by atoms with van der Waals surface area (Å²) in [5, 5.41) is 3.05. The number of carbonyl (C=O) groups excluding carboxylic acids is 2. The SMILES string of the molecule is CC1CCCCN1CCNC(=O)c1ccc2c(c1)nc1n2CCN(Cc2ccccc2)C1=O. The van der Waals surface area contributed by atoms with Gasteiger partial charge in [-0.1, -0.05) is 36.8 Å². The molecular weight excluding hydrogens is 414 g/mol. The minimum Gasteiger partial charge on any atom is -0.351 e. The Kier molecular flexibility index (Phi) is 6.13. The zero-order valence-electron chi connectivity index (χ0n) is 19.2. The molecule has 0 saturated carbocycles. The van der Waals surface area contributed by atoms with Gasteiger partial charge in [0.2, 0.25) is 0 Å². The first-order valence-electron chi connectivity index (χ1n) is 12.0. The molecule has 1 fully saturated rings.